The highest BCUT2D eigenvalue weighted by Gasteiger charge is 2.49. The van der Waals surface area contributed by atoms with Crippen LogP contribution < -0.4 is 13.7 Å². The number of ether oxygens (including phenoxy) is 2. The standard InChI is InChI=1S/C8H4ClF3O5S/c9-4-1-6-7(16-3-15-6)2-5(4)17-18(13,14)8(10,11)12/h1-2H,3H2. The van der Waals surface area contributed by atoms with Crippen molar-refractivity contribution in [1.29, 1.82) is 0 Å². The van der Waals surface area contributed by atoms with E-state index in [-0.39, 0.29) is 23.3 Å². The predicted molar refractivity (Wildman–Crippen MR) is 53.2 cm³/mol. The summed E-state index contributed by atoms with van der Waals surface area (Å²) in [6.45, 7) is -0.138. The van der Waals surface area contributed by atoms with Crippen molar-refractivity contribution in [1.82, 2.24) is 0 Å². The molecule has 0 saturated carbocycles. The third kappa shape index (κ3) is 2.27. The smallest absolute Gasteiger partial charge is 0.454 e. The molecular weight excluding hydrogens is 301 g/mol. The Labute approximate surface area is 104 Å². The number of rotatable bonds is 2. The second kappa shape index (κ2) is 4.09. The van der Waals surface area contributed by atoms with Crippen LogP contribution in [0.2, 0.25) is 5.02 Å². The maximum absolute atomic E-state index is 12.1. The van der Waals surface area contributed by atoms with Crippen molar-refractivity contribution in [3.8, 4) is 17.2 Å². The zero-order valence-corrected chi connectivity index (χ0v) is 9.90. The number of halogens is 4. The minimum Gasteiger partial charge on any atom is -0.454 e. The molecule has 5 nitrogen and oxygen atoms in total. The van der Waals surface area contributed by atoms with E-state index in [0.717, 1.165) is 12.1 Å². The number of alkyl halides is 3. The van der Waals surface area contributed by atoms with E-state index in [1.54, 1.807) is 0 Å². The number of benzene rings is 1. The molecule has 0 unspecified atom stereocenters. The van der Waals surface area contributed by atoms with E-state index in [1.165, 1.54) is 0 Å². The summed E-state index contributed by atoms with van der Waals surface area (Å²) >= 11 is 5.57. The molecule has 0 bridgehead atoms. The fourth-order valence-electron chi connectivity index (χ4n) is 1.13. The first kappa shape index (κ1) is 13.1. The maximum Gasteiger partial charge on any atom is 0.534 e. The molecule has 1 aromatic rings. The summed E-state index contributed by atoms with van der Waals surface area (Å²) in [6, 6.07) is 2.01. The van der Waals surface area contributed by atoms with Crippen molar-refractivity contribution in [2.45, 2.75) is 5.51 Å². The second-order valence-electron chi connectivity index (χ2n) is 3.12. The van der Waals surface area contributed by atoms with E-state index in [2.05, 4.69) is 4.18 Å². The van der Waals surface area contributed by atoms with Crippen LogP contribution in [0.15, 0.2) is 12.1 Å². The average Bonchev–Trinajstić information content (AvgIpc) is 2.63. The topological polar surface area (TPSA) is 61.8 Å². The Morgan fingerprint density at radius 3 is 2.33 bits per heavy atom. The summed E-state index contributed by atoms with van der Waals surface area (Å²) < 4.78 is 71.6. The quantitative estimate of drug-likeness (QED) is 0.620. The highest BCUT2D eigenvalue weighted by atomic mass is 35.5. The molecule has 0 spiro atoms. The van der Waals surface area contributed by atoms with Gasteiger partial charge in [0.05, 0.1) is 5.02 Å². The number of hydrogen-bond donors (Lipinski definition) is 0. The van der Waals surface area contributed by atoms with Gasteiger partial charge in [-0.1, -0.05) is 11.6 Å². The first-order valence-electron chi connectivity index (χ1n) is 4.30. The van der Waals surface area contributed by atoms with E-state index < -0.39 is 21.4 Å². The van der Waals surface area contributed by atoms with Gasteiger partial charge in [-0.25, -0.2) is 0 Å². The van der Waals surface area contributed by atoms with Crippen molar-refractivity contribution in [2.24, 2.45) is 0 Å². The van der Waals surface area contributed by atoms with Gasteiger partial charge >= 0.3 is 15.6 Å². The van der Waals surface area contributed by atoms with Crippen LogP contribution in [0.1, 0.15) is 0 Å². The van der Waals surface area contributed by atoms with Crippen molar-refractivity contribution in [3.63, 3.8) is 0 Å². The van der Waals surface area contributed by atoms with Gasteiger partial charge in [-0.05, 0) is 0 Å². The molecule has 1 aromatic carbocycles. The van der Waals surface area contributed by atoms with Crippen LogP contribution in [0.5, 0.6) is 17.2 Å². The fourth-order valence-corrected chi connectivity index (χ4v) is 1.83. The number of hydrogen-bond acceptors (Lipinski definition) is 5. The zero-order valence-electron chi connectivity index (χ0n) is 8.32. The predicted octanol–water partition coefficient (Wildman–Crippen LogP) is 2.30. The van der Waals surface area contributed by atoms with Crippen molar-refractivity contribution in [2.75, 3.05) is 6.79 Å². The molecule has 2 rings (SSSR count). The third-order valence-corrected chi connectivity index (χ3v) is 3.17. The van der Waals surface area contributed by atoms with Crippen LogP contribution in [-0.4, -0.2) is 20.7 Å². The maximum atomic E-state index is 12.1. The van der Waals surface area contributed by atoms with Crippen LogP contribution in [0.4, 0.5) is 13.2 Å². The van der Waals surface area contributed by atoms with Gasteiger partial charge in [0.25, 0.3) is 0 Å². The Kier molecular flexibility index (Phi) is 2.98. The molecule has 0 saturated heterocycles. The highest BCUT2D eigenvalue weighted by molar-refractivity contribution is 7.88. The van der Waals surface area contributed by atoms with Crippen LogP contribution in [-0.2, 0) is 10.1 Å². The largest absolute Gasteiger partial charge is 0.534 e. The molecular formula is C8H4ClF3O5S. The summed E-state index contributed by atoms with van der Waals surface area (Å²) in [5.74, 6) is -0.443. The van der Waals surface area contributed by atoms with Gasteiger partial charge in [0.15, 0.2) is 17.2 Å². The molecule has 0 aromatic heterocycles. The SMILES string of the molecule is O=S(=O)(Oc1cc2c(cc1Cl)OCO2)C(F)(F)F. The Morgan fingerprint density at radius 1 is 1.22 bits per heavy atom. The Morgan fingerprint density at radius 2 is 1.78 bits per heavy atom. The molecule has 10 heteroatoms. The normalized spacial score (nSPS) is 14.7. The first-order chi connectivity index (χ1) is 8.21. The summed E-state index contributed by atoms with van der Waals surface area (Å²) in [6.07, 6.45) is 0. The van der Waals surface area contributed by atoms with Gasteiger partial charge in [0, 0.05) is 12.1 Å². The Balaban J connectivity index is 2.37. The van der Waals surface area contributed by atoms with Crippen molar-refractivity contribution < 1.29 is 35.2 Å². The average molecular weight is 305 g/mol. The molecule has 0 atom stereocenters. The minimum absolute atomic E-state index is 0.0479. The minimum atomic E-state index is -5.77. The van der Waals surface area contributed by atoms with Crippen LogP contribution in [0.3, 0.4) is 0 Å². The van der Waals surface area contributed by atoms with Gasteiger partial charge in [-0.15, -0.1) is 0 Å². The molecule has 0 aliphatic carbocycles. The van der Waals surface area contributed by atoms with Gasteiger partial charge in [-0.3, -0.25) is 0 Å². The van der Waals surface area contributed by atoms with E-state index in [0.29, 0.717) is 0 Å². The Hall–Kier alpha value is -1.35. The fraction of sp³-hybridized carbons (Fsp3) is 0.250. The molecule has 0 amide bonds. The first-order valence-corrected chi connectivity index (χ1v) is 6.09. The molecule has 0 N–H and O–H groups in total. The van der Waals surface area contributed by atoms with Gasteiger partial charge in [0.1, 0.15) is 0 Å². The third-order valence-electron chi connectivity index (χ3n) is 1.91. The summed E-state index contributed by atoms with van der Waals surface area (Å²) in [5.41, 5.74) is -5.54. The molecule has 1 aliphatic rings. The summed E-state index contributed by atoms with van der Waals surface area (Å²) in [7, 11) is -5.77. The van der Waals surface area contributed by atoms with E-state index in [1.807, 2.05) is 0 Å². The van der Waals surface area contributed by atoms with E-state index in [4.69, 9.17) is 21.1 Å². The molecule has 1 aliphatic heterocycles. The van der Waals surface area contributed by atoms with Gasteiger partial charge in [0.2, 0.25) is 6.79 Å². The summed E-state index contributed by atoms with van der Waals surface area (Å²) in [5, 5.41) is -0.341. The van der Waals surface area contributed by atoms with Crippen molar-refractivity contribution in [3.05, 3.63) is 17.2 Å². The second-order valence-corrected chi connectivity index (χ2v) is 5.06. The van der Waals surface area contributed by atoms with Crippen molar-refractivity contribution >= 4 is 21.7 Å². The zero-order chi connectivity index (χ0) is 13.6. The van der Waals surface area contributed by atoms with Crippen LogP contribution >= 0.6 is 11.6 Å². The van der Waals surface area contributed by atoms with Crippen LogP contribution in [0, 0.1) is 0 Å². The van der Waals surface area contributed by atoms with Gasteiger partial charge < -0.3 is 13.7 Å². The van der Waals surface area contributed by atoms with Gasteiger partial charge in [-0.2, -0.15) is 21.6 Å². The lowest BCUT2D eigenvalue weighted by atomic mass is 10.3. The van der Waals surface area contributed by atoms with E-state index >= 15 is 0 Å². The lowest BCUT2D eigenvalue weighted by molar-refractivity contribution is -0.0500. The van der Waals surface area contributed by atoms with Crippen LogP contribution in [0.25, 0.3) is 0 Å². The Bertz CT molecular complexity index is 583. The summed E-state index contributed by atoms with van der Waals surface area (Å²) in [4.78, 5) is 0. The lowest BCUT2D eigenvalue weighted by Gasteiger charge is -2.10. The lowest BCUT2D eigenvalue weighted by Crippen LogP contribution is -2.28. The monoisotopic (exact) mass is 304 g/mol. The molecule has 0 fully saturated rings. The molecule has 100 valence electrons. The van der Waals surface area contributed by atoms with E-state index in [9.17, 15) is 21.6 Å². The highest BCUT2D eigenvalue weighted by Crippen LogP contribution is 2.41. The molecule has 18 heavy (non-hydrogen) atoms. The number of fused-ring (bicyclic) bond motifs is 1. The molecule has 0 radical (unpaired) electrons. The molecule has 1 heterocycles.